The number of alkyl carbamates (subject to hydrolysis) is 1. The molecule has 0 radical (unpaired) electrons. The lowest BCUT2D eigenvalue weighted by molar-refractivity contribution is 0.152. The number of ether oxygens (including phenoxy) is 1. The molecule has 0 saturated carbocycles. The molecule has 98 valence electrons. The Morgan fingerprint density at radius 3 is 2.44 bits per heavy atom. The highest BCUT2D eigenvalue weighted by Gasteiger charge is 2.01. The van der Waals surface area contributed by atoms with Crippen LogP contribution in [-0.2, 0) is 4.74 Å². The summed E-state index contributed by atoms with van der Waals surface area (Å²) in [6.07, 6.45) is -0.484. The lowest BCUT2D eigenvalue weighted by atomic mass is 10.3. The van der Waals surface area contributed by atoms with Crippen molar-refractivity contribution in [1.82, 2.24) is 10.6 Å². The van der Waals surface area contributed by atoms with Crippen molar-refractivity contribution < 1.29 is 14.3 Å². The van der Waals surface area contributed by atoms with E-state index in [0.29, 0.717) is 25.4 Å². The van der Waals surface area contributed by atoms with Crippen LogP contribution in [0.3, 0.4) is 0 Å². The van der Waals surface area contributed by atoms with Gasteiger partial charge in [0.15, 0.2) is 0 Å². The Balaban J connectivity index is 2.12. The summed E-state index contributed by atoms with van der Waals surface area (Å²) in [4.78, 5) is 22.3. The van der Waals surface area contributed by atoms with Gasteiger partial charge >= 0.3 is 12.1 Å². The minimum absolute atomic E-state index is 0.313. The molecule has 0 unspecified atom stereocenters. The molecule has 0 heterocycles. The number of carbonyl (C=O) groups excluding carboxylic acids is 2. The molecule has 0 spiro atoms. The van der Waals surface area contributed by atoms with Gasteiger partial charge in [0, 0.05) is 18.8 Å². The number of rotatable bonds is 5. The van der Waals surface area contributed by atoms with Gasteiger partial charge in [0.05, 0.1) is 6.61 Å². The van der Waals surface area contributed by atoms with Gasteiger partial charge in [-0.05, 0) is 19.1 Å². The number of nitrogens with one attached hydrogen (secondary N) is 3. The molecule has 1 aromatic rings. The Hall–Kier alpha value is -2.24. The van der Waals surface area contributed by atoms with Crippen LogP contribution in [-0.4, -0.2) is 31.8 Å². The molecule has 0 aromatic heterocycles. The first-order chi connectivity index (χ1) is 8.72. The summed E-state index contributed by atoms with van der Waals surface area (Å²) in [5, 5.41) is 7.77. The molecule has 0 bridgehead atoms. The fraction of sp³-hybridized carbons (Fsp3) is 0.333. The van der Waals surface area contributed by atoms with Crippen molar-refractivity contribution in [3.05, 3.63) is 30.3 Å². The number of urea groups is 1. The molecule has 3 amide bonds. The lowest BCUT2D eigenvalue weighted by Gasteiger charge is -2.08. The average Bonchev–Trinajstić information content (AvgIpc) is 2.36. The topological polar surface area (TPSA) is 79.5 Å². The molecule has 1 aromatic carbocycles. The summed E-state index contributed by atoms with van der Waals surface area (Å²) in [7, 11) is 0. The van der Waals surface area contributed by atoms with E-state index in [9.17, 15) is 9.59 Å². The lowest BCUT2D eigenvalue weighted by Crippen LogP contribution is -2.36. The predicted octanol–water partition coefficient (Wildman–Crippen LogP) is 1.55. The van der Waals surface area contributed by atoms with Crippen LogP contribution in [0, 0.1) is 0 Å². The van der Waals surface area contributed by atoms with E-state index < -0.39 is 6.09 Å². The van der Waals surface area contributed by atoms with E-state index in [1.54, 1.807) is 19.1 Å². The van der Waals surface area contributed by atoms with Crippen molar-refractivity contribution in [3.8, 4) is 0 Å². The van der Waals surface area contributed by atoms with Gasteiger partial charge in [-0.1, -0.05) is 18.2 Å². The van der Waals surface area contributed by atoms with Gasteiger partial charge in [0.2, 0.25) is 0 Å². The Kier molecular flexibility index (Phi) is 6.10. The third kappa shape index (κ3) is 5.74. The van der Waals surface area contributed by atoms with Gasteiger partial charge in [0.25, 0.3) is 0 Å². The fourth-order valence-corrected chi connectivity index (χ4v) is 1.22. The van der Waals surface area contributed by atoms with Crippen molar-refractivity contribution in [3.63, 3.8) is 0 Å². The van der Waals surface area contributed by atoms with Crippen LogP contribution in [0.5, 0.6) is 0 Å². The third-order valence-electron chi connectivity index (χ3n) is 1.99. The number of hydrogen-bond acceptors (Lipinski definition) is 3. The molecule has 0 aliphatic heterocycles. The first-order valence-electron chi connectivity index (χ1n) is 5.73. The van der Waals surface area contributed by atoms with E-state index in [0.717, 1.165) is 0 Å². The maximum atomic E-state index is 11.4. The van der Waals surface area contributed by atoms with E-state index >= 15 is 0 Å². The van der Waals surface area contributed by atoms with Crippen LogP contribution in [0.15, 0.2) is 30.3 Å². The van der Waals surface area contributed by atoms with Gasteiger partial charge in [0.1, 0.15) is 0 Å². The molecule has 0 atom stereocenters. The molecule has 18 heavy (non-hydrogen) atoms. The second-order valence-corrected chi connectivity index (χ2v) is 3.39. The summed E-state index contributed by atoms with van der Waals surface area (Å²) in [5.41, 5.74) is 0.716. The smallest absolute Gasteiger partial charge is 0.407 e. The van der Waals surface area contributed by atoms with Crippen molar-refractivity contribution >= 4 is 17.8 Å². The molecule has 6 heteroatoms. The third-order valence-corrected chi connectivity index (χ3v) is 1.99. The largest absolute Gasteiger partial charge is 0.450 e. The highest BCUT2D eigenvalue weighted by atomic mass is 16.5. The zero-order valence-electron chi connectivity index (χ0n) is 10.2. The Labute approximate surface area is 106 Å². The summed E-state index contributed by atoms with van der Waals surface area (Å²) < 4.78 is 4.67. The standard InChI is InChI=1S/C12H17N3O3/c1-2-18-12(17)14-9-8-13-11(16)15-10-6-4-3-5-7-10/h3-7H,2,8-9H2,1H3,(H,14,17)(H2,13,15,16). The van der Waals surface area contributed by atoms with Crippen molar-refractivity contribution in [2.75, 3.05) is 25.0 Å². The molecule has 0 aliphatic rings. The fourth-order valence-electron chi connectivity index (χ4n) is 1.22. The Morgan fingerprint density at radius 1 is 1.11 bits per heavy atom. The SMILES string of the molecule is CCOC(=O)NCCNC(=O)Nc1ccccc1. The second kappa shape index (κ2) is 7.94. The molecular weight excluding hydrogens is 234 g/mol. The van der Waals surface area contributed by atoms with Crippen LogP contribution < -0.4 is 16.0 Å². The predicted molar refractivity (Wildman–Crippen MR) is 68.5 cm³/mol. The highest BCUT2D eigenvalue weighted by Crippen LogP contribution is 2.03. The van der Waals surface area contributed by atoms with Crippen LogP contribution >= 0.6 is 0 Å². The Morgan fingerprint density at radius 2 is 1.78 bits per heavy atom. The minimum atomic E-state index is -0.484. The maximum absolute atomic E-state index is 11.4. The van der Waals surface area contributed by atoms with Crippen LogP contribution in [0.25, 0.3) is 0 Å². The number of hydrogen-bond donors (Lipinski definition) is 3. The summed E-state index contributed by atoms with van der Waals surface area (Å²) >= 11 is 0. The molecule has 0 aliphatic carbocycles. The number of amides is 3. The van der Waals surface area contributed by atoms with E-state index in [-0.39, 0.29) is 6.03 Å². The normalized spacial score (nSPS) is 9.39. The van der Waals surface area contributed by atoms with E-state index in [4.69, 9.17) is 0 Å². The monoisotopic (exact) mass is 251 g/mol. The summed E-state index contributed by atoms with van der Waals surface area (Å²) in [6, 6.07) is 8.79. The zero-order chi connectivity index (χ0) is 13.2. The van der Waals surface area contributed by atoms with Crippen molar-refractivity contribution in [1.29, 1.82) is 0 Å². The van der Waals surface area contributed by atoms with Crippen LogP contribution in [0.4, 0.5) is 15.3 Å². The number of carbonyl (C=O) groups is 2. The first kappa shape index (κ1) is 13.8. The second-order valence-electron chi connectivity index (χ2n) is 3.39. The first-order valence-corrected chi connectivity index (χ1v) is 5.73. The molecular formula is C12H17N3O3. The maximum Gasteiger partial charge on any atom is 0.407 e. The van der Waals surface area contributed by atoms with E-state index in [2.05, 4.69) is 20.7 Å². The van der Waals surface area contributed by atoms with Gasteiger partial charge in [-0.3, -0.25) is 0 Å². The van der Waals surface area contributed by atoms with Gasteiger partial charge in [-0.15, -0.1) is 0 Å². The quantitative estimate of drug-likeness (QED) is 0.695. The van der Waals surface area contributed by atoms with E-state index in [1.165, 1.54) is 0 Å². The Bertz CT molecular complexity index is 381. The van der Waals surface area contributed by atoms with Crippen LogP contribution in [0.1, 0.15) is 6.92 Å². The molecule has 0 fully saturated rings. The number of benzene rings is 1. The minimum Gasteiger partial charge on any atom is -0.450 e. The van der Waals surface area contributed by atoms with Crippen LogP contribution in [0.2, 0.25) is 0 Å². The molecule has 1 rings (SSSR count). The number of para-hydroxylation sites is 1. The van der Waals surface area contributed by atoms with E-state index in [1.807, 2.05) is 18.2 Å². The molecule has 6 nitrogen and oxygen atoms in total. The summed E-state index contributed by atoms with van der Waals surface area (Å²) in [6.45, 7) is 2.71. The van der Waals surface area contributed by atoms with Crippen molar-refractivity contribution in [2.45, 2.75) is 6.92 Å². The molecule has 3 N–H and O–H groups in total. The highest BCUT2D eigenvalue weighted by molar-refractivity contribution is 5.89. The zero-order valence-corrected chi connectivity index (χ0v) is 10.2. The number of anilines is 1. The average molecular weight is 251 g/mol. The van der Waals surface area contributed by atoms with Gasteiger partial charge in [-0.25, -0.2) is 9.59 Å². The molecule has 0 saturated heterocycles. The summed E-state index contributed by atoms with van der Waals surface area (Å²) in [5.74, 6) is 0. The van der Waals surface area contributed by atoms with Crippen molar-refractivity contribution in [2.24, 2.45) is 0 Å². The van der Waals surface area contributed by atoms with Gasteiger partial charge < -0.3 is 20.7 Å². The van der Waals surface area contributed by atoms with Gasteiger partial charge in [-0.2, -0.15) is 0 Å².